The summed E-state index contributed by atoms with van der Waals surface area (Å²) in [6, 6.07) is 23.6. The molecule has 4 rings (SSSR count). The number of rotatable bonds is 5. The molecule has 0 amide bonds. The molecule has 0 spiro atoms. The monoisotopic (exact) mass is 528 g/mol. The zero-order valence-electron chi connectivity index (χ0n) is 18.6. The quantitative estimate of drug-likeness (QED) is 0.281. The number of benzene rings is 3. The van der Waals surface area contributed by atoms with Gasteiger partial charge in [-0.15, -0.1) is 11.8 Å². The van der Waals surface area contributed by atoms with Crippen LogP contribution in [0.2, 0.25) is 0 Å². The normalized spacial score (nSPS) is 28.0. The van der Waals surface area contributed by atoms with Crippen molar-refractivity contribution in [2.75, 3.05) is 0 Å². The molecule has 3 aromatic rings. The fraction of sp³-hybridized carbons (Fsp3) is 0.308. The molecule has 1 fully saturated rings. The summed E-state index contributed by atoms with van der Waals surface area (Å²) in [7, 11) is 0. The molecule has 0 aromatic heterocycles. The summed E-state index contributed by atoms with van der Waals surface area (Å²) in [5.41, 5.74) is 0.451. The van der Waals surface area contributed by atoms with Crippen molar-refractivity contribution in [2.45, 2.75) is 46.4 Å². The van der Waals surface area contributed by atoms with E-state index in [1.807, 2.05) is 0 Å². The maximum atomic E-state index is 14.5. The van der Waals surface area contributed by atoms with Crippen LogP contribution in [0.1, 0.15) is 28.7 Å². The van der Waals surface area contributed by atoms with Crippen LogP contribution in [0.3, 0.4) is 0 Å². The lowest BCUT2D eigenvalue weighted by Gasteiger charge is -2.53. The van der Waals surface area contributed by atoms with Crippen molar-refractivity contribution in [2.24, 2.45) is 5.92 Å². The summed E-state index contributed by atoms with van der Waals surface area (Å²) in [6.45, 7) is 0. The number of alkyl halides is 6. The van der Waals surface area contributed by atoms with Crippen LogP contribution in [0.5, 0.6) is 0 Å². The first-order chi connectivity index (χ1) is 16.9. The van der Waals surface area contributed by atoms with Crippen molar-refractivity contribution in [3.63, 3.8) is 0 Å². The second-order valence-electron chi connectivity index (χ2n) is 8.59. The smallest absolute Gasteiger partial charge is 0.358 e. The standard InChI is InChI=1S/C26H22F6O3S/c27-25(28,29)23(33)16-20(17-10-4-1-5-11-17)21(24(34,35-23)26(30,31)32)22(18-12-6-2-7-13-18)36-19-14-8-3-9-15-19/h1-15,20-22,33-34H,16H2. The van der Waals surface area contributed by atoms with Gasteiger partial charge in [-0.1, -0.05) is 78.9 Å². The molecule has 10 heteroatoms. The molecule has 5 unspecified atom stereocenters. The van der Waals surface area contributed by atoms with Crippen LogP contribution < -0.4 is 0 Å². The lowest BCUT2D eigenvalue weighted by molar-refractivity contribution is -0.501. The van der Waals surface area contributed by atoms with Crippen LogP contribution in [-0.2, 0) is 4.74 Å². The Morgan fingerprint density at radius 3 is 1.75 bits per heavy atom. The zero-order chi connectivity index (χ0) is 26.2. The van der Waals surface area contributed by atoms with Gasteiger partial charge in [0, 0.05) is 22.5 Å². The molecule has 192 valence electrons. The fourth-order valence-electron chi connectivity index (χ4n) is 4.56. The van der Waals surface area contributed by atoms with Gasteiger partial charge in [0.05, 0.1) is 0 Å². The van der Waals surface area contributed by atoms with Crippen LogP contribution in [0, 0.1) is 5.92 Å². The van der Waals surface area contributed by atoms with Gasteiger partial charge >= 0.3 is 12.4 Å². The average molecular weight is 529 g/mol. The van der Waals surface area contributed by atoms with E-state index in [2.05, 4.69) is 4.74 Å². The summed E-state index contributed by atoms with van der Waals surface area (Å²) >= 11 is 0.970. The fourth-order valence-corrected chi connectivity index (χ4v) is 5.99. The summed E-state index contributed by atoms with van der Waals surface area (Å²) < 4.78 is 89.6. The van der Waals surface area contributed by atoms with Crippen molar-refractivity contribution in [1.29, 1.82) is 0 Å². The molecule has 5 atom stereocenters. The number of hydrogen-bond donors (Lipinski definition) is 2. The minimum Gasteiger partial charge on any atom is -0.358 e. The molecule has 1 heterocycles. The molecular weight excluding hydrogens is 506 g/mol. The highest BCUT2D eigenvalue weighted by atomic mass is 32.2. The molecule has 3 aromatic carbocycles. The SMILES string of the molecule is OC1(C(F)(F)F)CC(c2ccccc2)C(C(Sc2ccccc2)c2ccccc2)C(O)(C(F)(F)F)O1. The Morgan fingerprint density at radius 1 is 0.750 bits per heavy atom. The highest BCUT2D eigenvalue weighted by Gasteiger charge is 2.74. The molecule has 2 N–H and O–H groups in total. The largest absolute Gasteiger partial charge is 0.443 e. The van der Waals surface area contributed by atoms with Crippen molar-refractivity contribution >= 4 is 11.8 Å². The lowest BCUT2D eigenvalue weighted by Crippen LogP contribution is -2.68. The van der Waals surface area contributed by atoms with E-state index in [1.165, 1.54) is 24.3 Å². The van der Waals surface area contributed by atoms with Crippen LogP contribution in [0.25, 0.3) is 0 Å². The van der Waals surface area contributed by atoms with Gasteiger partial charge in [0.25, 0.3) is 11.6 Å². The Labute approximate surface area is 207 Å². The van der Waals surface area contributed by atoms with Gasteiger partial charge in [-0.25, -0.2) is 0 Å². The Bertz CT molecular complexity index is 1140. The molecular formula is C26H22F6O3S. The van der Waals surface area contributed by atoms with Gasteiger partial charge < -0.3 is 14.9 Å². The van der Waals surface area contributed by atoms with Gasteiger partial charge in [0.15, 0.2) is 0 Å². The van der Waals surface area contributed by atoms with E-state index >= 15 is 0 Å². The van der Waals surface area contributed by atoms with Gasteiger partial charge in [-0.3, -0.25) is 0 Å². The third-order valence-electron chi connectivity index (χ3n) is 6.24. The molecule has 0 saturated carbocycles. The van der Waals surface area contributed by atoms with Crippen LogP contribution in [-0.4, -0.2) is 34.1 Å². The van der Waals surface area contributed by atoms with Crippen molar-refractivity contribution in [3.05, 3.63) is 102 Å². The Morgan fingerprint density at radius 2 is 1.25 bits per heavy atom. The number of aliphatic hydroxyl groups is 2. The van der Waals surface area contributed by atoms with Crippen molar-refractivity contribution in [1.82, 2.24) is 0 Å². The second-order valence-corrected chi connectivity index (χ2v) is 9.80. The van der Waals surface area contributed by atoms with E-state index < -0.39 is 47.4 Å². The van der Waals surface area contributed by atoms with E-state index in [0.717, 1.165) is 11.8 Å². The summed E-state index contributed by atoms with van der Waals surface area (Å²) in [5, 5.41) is 20.3. The van der Waals surface area contributed by atoms with Crippen molar-refractivity contribution < 1.29 is 41.3 Å². The van der Waals surface area contributed by atoms with E-state index in [1.54, 1.807) is 66.7 Å². The zero-order valence-corrected chi connectivity index (χ0v) is 19.4. The molecule has 0 radical (unpaired) electrons. The molecule has 1 aliphatic rings. The Hall–Kier alpha value is -2.53. The average Bonchev–Trinajstić information content (AvgIpc) is 2.83. The molecule has 0 bridgehead atoms. The van der Waals surface area contributed by atoms with E-state index in [9.17, 15) is 36.6 Å². The predicted octanol–water partition coefficient (Wildman–Crippen LogP) is 6.84. The molecule has 36 heavy (non-hydrogen) atoms. The third-order valence-corrected chi connectivity index (χ3v) is 7.61. The van der Waals surface area contributed by atoms with Gasteiger partial charge in [-0.2, -0.15) is 26.3 Å². The van der Waals surface area contributed by atoms with Crippen LogP contribution in [0.15, 0.2) is 95.9 Å². The van der Waals surface area contributed by atoms with Gasteiger partial charge in [0.2, 0.25) is 0 Å². The summed E-state index contributed by atoms with van der Waals surface area (Å²) in [6.07, 6.45) is -12.5. The summed E-state index contributed by atoms with van der Waals surface area (Å²) in [4.78, 5) is 0.541. The number of thioether (sulfide) groups is 1. The first-order valence-electron chi connectivity index (χ1n) is 11.0. The molecule has 3 nitrogen and oxygen atoms in total. The first-order valence-corrected chi connectivity index (χ1v) is 11.8. The Kier molecular flexibility index (Phi) is 7.18. The molecule has 1 saturated heterocycles. The van der Waals surface area contributed by atoms with Crippen LogP contribution in [0.4, 0.5) is 26.3 Å². The number of halogens is 6. The highest BCUT2D eigenvalue weighted by Crippen LogP contribution is 2.62. The topological polar surface area (TPSA) is 49.7 Å². The van der Waals surface area contributed by atoms with Gasteiger partial charge in [0.1, 0.15) is 0 Å². The van der Waals surface area contributed by atoms with Gasteiger partial charge in [-0.05, 0) is 29.2 Å². The molecule has 1 aliphatic heterocycles. The minimum atomic E-state index is -5.67. The number of ether oxygens (including phenoxy) is 1. The minimum absolute atomic E-state index is 0.103. The number of hydrogen-bond acceptors (Lipinski definition) is 4. The van der Waals surface area contributed by atoms with E-state index in [0.29, 0.717) is 10.5 Å². The maximum absolute atomic E-state index is 14.5. The predicted molar refractivity (Wildman–Crippen MR) is 122 cm³/mol. The maximum Gasteiger partial charge on any atom is 0.443 e. The van der Waals surface area contributed by atoms with Crippen molar-refractivity contribution in [3.8, 4) is 0 Å². The Balaban J connectivity index is 1.96. The second kappa shape index (κ2) is 9.74. The van der Waals surface area contributed by atoms with E-state index in [-0.39, 0.29) is 5.56 Å². The van der Waals surface area contributed by atoms with E-state index in [4.69, 9.17) is 0 Å². The molecule has 0 aliphatic carbocycles. The summed E-state index contributed by atoms with van der Waals surface area (Å²) in [5.74, 6) is -12.1. The lowest BCUT2D eigenvalue weighted by atomic mass is 9.70. The highest BCUT2D eigenvalue weighted by molar-refractivity contribution is 7.99. The first kappa shape index (κ1) is 26.5. The van der Waals surface area contributed by atoms with Crippen LogP contribution >= 0.6 is 11.8 Å². The third kappa shape index (κ3) is 5.00.